The SMILES string of the molecule is Cc1ccc(C)c(C(=O)Nc2cc(C)nn2-c2nc3c(C)ccc(Cl)c3s2)c1. The predicted octanol–water partition coefficient (Wildman–Crippen LogP) is 5.62. The molecule has 1 N–H and O–H groups in total. The number of aryl methyl sites for hydroxylation is 4. The number of benzene rings is 2. The van der Waals surface area contributed by atoms with E-state index in [0.29, 0.717) is 21.5 Å². The number of thiazole rings is 1. The fraction of sp³-hybridized carbons (Fsp3) is 0.190. The molecule has 0 spiro atoms. The molecule has 0 bridgehead atoms. The van der Waals surface area contributed by atoms with Gasteiger partial charge >= 0.3 is 0 Å². The van der Waals surface area contributed by atoms with Crippen LogP contribution in [0, 0.1) is 27.7 Å². The Hall–Kier alpha value is -2.70. The molecule has 0 aliphatic carbocycles. The van der Waals surface area contributed by atoms with E-state index in [1.165, 1.54) is 11.3 Å². The highest BCUT2D eigenvalue weighted by molar-refractivity contribution is 7.21. The zero-order chi connectivity index (χ0) is 20.0. The summed E-state index contributed by atoms with van der Waals surface area (Å²) in [6.07, 6.45) is 0. The fourth-order valence-corrected chi connectivity index (χ4v) is 4.36. The molecule has 1 amide bonds. The van der Waals surface area contributed by atoms with Crippen LogP contribution in [0.2, 0.25) is 5.02 Å². The van der Waals surface area contributed by atoms with Crippen LogP contribution >= 0.6 is 22.9 Å². The number of nitrogens with zero attached hydrogens (tertiary/aromatic N) is 3. The van der Waals surface area contributed by atoms with Gasteiger partial charge in [-0.25, -0.2) is 4.98 Å². The molecule has 4 rings (SSSR count). The average molecular weight is 411 g/mol. The number of hydrogen-bond donors (Lipinski definition) is 1. The Balaban J connectivity index is 1.76. The number of amides is 1. The molecular weight excluding hydrogens is 392 g/mol. The Morgan fingerprint density at radius 3 is 2.57 bits per heavy atom. The van der Waals surface area contributed by atoms with Crippen LogP contribution in [-0.2, 0) is 0 Å². The second-order valence-corrected chi connectivity index (χ2v) is 8.28. The number of nitrogens with one attached hydrogen (secondary N) is 1. The van der Waals surface area contributed by atoms with Crippen LogP contribution in [0.15, 0.2) is 36.4 Å². The normalized spacial score (nSPS) is 11.2. The van der Waals surface area contributed by atoms with E-state index in [4.69, 9.17) is 16.6 Å². The number of fused-ring (bicyclic) bond motifs is 1. The molecule has 2 heterocycles. The average Bonchev–Trinajstić information content (AvgIpc) is 3.24. The summed E-state index contributed by atoms with van der Waals surface area (Å²) in [5.74, 6) is 0.411. The summed E-state index contributed by atoms with van der Waals surface area (Å²) in [6.45, 7) is 7.78. The van der Waals surface area contributed by atoms with Crippen LogP contribution in [-0.4, -0.2) is 20.7 Å². The summed E-state index contributed by atoms with van der Waals surface area (Å²) < 4.78 is 2.58. The minimum atomic E-state index is -0.169. The molecule has 0 atom stereocenters. The van der Waals surface area contributed by atoms with Gasteiger partial charge in [0.25, 0.3) is 5.91 Å². The van der Waals surface area contributed by atoms with Crippen LogP contribution < -0.4 is 5.32 Å². The summed E-state index contributed by atoms with van der Waals surface area (Å²) in [4.78, 5) is 17.6. The van der Waals surface area contributed by atoms with Crippen LogP contribution in [0.5, 0.6) is 0 Å². The van der Waals surface area contributed by atoms with Gasteiger partial charge in [-0.2, -0.15) is 9.78 Å². The number of carbonyl (C=O) groups excluding carboxylic acids is 1. The predicted molar refractivity (Wildman–Crippen MR) is 115 cm³/mol. The summed E-state index contributed by atoms with van der Waals surface area (Å²) in [5.41, 5.74) is 5.30. The van der Waals surface area contributed by atoms with Gasteiger partial charge in [0.1, 0.15) is 5.82 Å². The molecule has 0 unspecified atom stereocenters. The smallest absolute Gasteiger partial charge is 0.257 e. The van der Waals surface area contributed by atoms with Gasteiger partial charge in [0.2, 0.25) is 5.13 Å². The third-order valence-electron chi connectivity index (χ3n) is 4.58. The van der Waals surface area contributed by atoms with Crippen molar-refractivity contribution < 1.29 is 4.79 Å². The highest BCUT2D eigenvalue weighted by Gasteiger charge is 2.18. The van der Waals surface area contributed by atoms with Crippen molar-refractivity contribution in [3.05, 3.63) is 69.4 Å². The molecule has 0 radical (unpaired) electrons. The van der Waals surface area contributed by atoms with Crippen LogP contribution in [0.25, 0.3) is 15.3 Å². The number of hydrogen-bond acceptors (Lipinski definition) is 4. The molecule has 0 aliphatic heterocycles. The van der Waals surface area contributed by atoms with E-state index in [1.54, 1.807) is 4.68 Å². The molecule has 0 saturated heterocycles. The largest absolute Gasteiger partial charge is 0.306 e. The number of carbonyl (C=O) groups is 1. The minimum Gasteiger partial charge on any atom is -0.306 e. The van der Waals surface area contributed by atoms with Crippen LogP contribution in [0.4, 0.5) is 5.82 Å². The quantitative estimate of drug-likeness (QED) is 0.476. The molecule has 0 saturated carbocycles. The van der Waals surface area contributed by atoms with Gasteiger partial charge < -0.3 is 5.32 Å². The zero-order valence-corrected chi connectivity index (χ0v) is 17.6. The van der Waals surface area contributed by atoms with Crippen molar-refractivity contribution in [2.45, 2.75) is 27.7 Å². The lowest BCUT2D eigenvalue weighted by Crippen LogP contribution is -2.16. The van der Waals surface area contributed by atoms with Crippen molar-refractivity contribution in [2.75, 3.05) is 5.32 Å². The number of aromatic nitrogens is 3. The van der Waals surface area contributed by atoms with E-state index in [1.807, 2.05) is 64.1 Å². The molecule has 0 aliphatic rings. The van der Waals surface area contributed by atoms with E-state index in [2.05, 4.69) is 10.4 Å². The second-order valence-electron chi connectivity index (χ2n) is 6.89. The van der Waals surface area contributed by atoms with Crippen molar-refractivity contribution in [3.63, 3.8) is 0 Å². The molecule has 142 valence electrons. The first-order valence-corrected chi connectivity index (χ1v) is 10.0. The molecule has 5 nitrogen and oxygen atoms in total. The Kier molecular flexibility index (Phi) is 4.69. The first kappa shape index (κ1) is 18.7. The molecule has 28 heavy (non-hydrogen) atoms. The van der Waals surface area contributed by atoms with Crippen LogP contribution in [0.3, 0.4) is 0 Å². The van der Waals surface area contributed by atoms with Gasteiger partial charge in [-0.05, 0) is 51.0 Å². The maximum absolute atomic E-state index is 12.9. The van der Waals surface area contributed by atoms with Crippen molar-refractivity contribution in [2.24, 2.45) is 0 Å². The van der Waals surface area contributed by atoms with E-state index in [9.17, 15) is 4.79 Å². The molecular formula is C21H19ClN4OS. The van der Waals surface area contributed by atoms with Gasteiger partial charge in [-0.15, -0.1) is 0 Å². The zero-order valence-electron chi connectivity index (χ0n) is 16.0. The van der Waals surface area contributed by atoms with Crippen molar-refractivity contribution in [3.8, 4) is 5.13 Å². The Morgan fingerprint density at radius 1 is 1.07 bits per heavy atom. The lowest BCUT2D eigenvalue weighted by Gasteiger charge is -2.09. The van der Waals surface area contributed by atoms with Gasteiger partial charge in [0.15, 0.2) is 0 Å². The summed E-state index contributed by atoms with van der Waals surface area (Å²) in [7, 11) is 0. The van der Waals surface area contributed by atoms with Gasteiger partial charge in [-0.3, -0.25) is 4.79 Å². The number of rotatable bonds is 3. The summed E-state index contributed by atoms with van der Waals surface area (Å²) >= 11 is 7.80. The van der Waals surface area contributed by atoms with Crippen molar-refractivity contribution in [1.82, 2.24) is 14.8 Å². The molecule has 2 aromatic heterocycles. The van der Waals surface area contributed by atoms with E-state index in [-0.39, 0.29) is 5.91 Å². The van der Waals surface area contributed by atoms with E-state index < -0.39 is 0 Å². The second kappa shape index (κ2) is 7.04. The van der Waals surface area contributed by atoms with Gasteiger partial charge in [0, 0.05) is 11.6 Å². The Labute approximate surface area is 172 Å². The Bertz CT molecular complexity index is 1190. The molecule has 4 aromatic rings. The molecule has 7 heteroatoms. The maximum Gasteiger partial charge on any atom is 0.257 e. The Morgan fingerprint density at radius 2 is 1.82 bits per heavy atom. The number of anilines is 1. The standard InChI is InChI=1S/C21H19ClN4OS/c1-11-5-6-12(2)15(9-11)20(27)23-17-10-14(4)25-26(17)21-24-18-13(3)7-8-16(22)19(18)28-21/h5-10H,1-4H3,(H,23,27). The van der Waals surface area contributed by atoms with Crippen molar-refractivity contribution in [1.29, 1.82) is 0 Å². The number of halogens is 1. The summed E-state index contributed by atoms with van der Waals surface area (Å²) in [6, 6.07) is 11.5. The maximum atomic E-state index is 12.9. The van der Waals surface area contributed by atoms with E-state index >= 15 is 0 Å². The topological polar surface area (TPSA) is 59.8 Å². The minimum absolute atomic E-state index is 0.169. The third-order valence-corrected chi connectivity index (χ3v) is 6.07. The molecule has 2 aromatic carbocycles. The lowest BCUT2D eigenvalue weighted by molar-refractivity contribution is 0.102. The van der Waals surface area contributed by atoms with Gasteiger partial charge in [0.05, 0.1) is 20.9 Å². The van der Waals surface area contributed by atoms with Crippen molar-refractivity contribution >= 4 is 44.9 Å². The third kappa shape index (κ3) is 3.30. The monoisotopic (exact) mass is 410 g/mol. The molecule has 0 fully saturated rings. The highest BCUT2D eigenvalue weighted by atomic mass is 35.5. The first-order chi connectivity index (χ1) is 13.3. The first-order valence-electron chi connectivity index (χ1n) is 8.85. The fourth-order valence-electron chi connectivity index (χ4n) is 3.08. The summed E-state index contributed by atoms with van der Waals surface area (Å²) in [5, 5.41) is 8.84. The highest BCUT2D eigenvalue weighted by Crippen LogP contribution is 2.34. The van der Waals surface area contributed by atoms with Gasteiger partial charge in [-0.1, -0.05) is 46.7 Å². The van der Waals surface area contributed by atoms with Crippen LogP contribution in [0.1, 0.15) is 32.7 Å². The van der Waals surface area contributed by atoms with E-state index in [0.717, 1.165) is 32.6 Å². The lowest BCUT2D eigenvalue weighted by atomic mass is 10.1.